The fourth-order valence-corrected chi connectivity index (χ4v) is 2.24. The van der Waals surface area contributed by atoms with E-state index >= 15 is 0 Å². The number of aromatic hydroxyl groups is 1. The molecule has 1 unspecified atom stereocenters. The van der Waals surface area contributed by atoms with Gasteiger partial charge in [0.25, 0.3) is 5.91 Å². The van der Waals surface area contributed by atoms with E-state index in [9.17, 15) is 9.90 Å². The molecule has 0 aromatic heterocycles. The zero-order valence-electron chi connectivity index (χ0n) is 14.2. The van der Waals surface area contributed by atoms with E-state index in [0.717, 1.165) is 5.56 Å². The van der Waals surface area contributed by atoms with Gasteiger partial charge in [-0.25, -0.2) is 5.43 Å². The van der Waals surface area contributed by atoms with Gasteiger partial charge in [0.2, 0.25) is 5.75 Å². The average molecular weight is 344 g/mol. The Kier molecular flexibility index (Phi) is 6.36. The number of carbonyl (C=O) groups is 1. The summed E-state index contributed by atoms with van der Waals surface area (Å²) in [6.07, 6.45) is 0.655. The number of hydrogen-bond acceptors (Lipinski definition) is 6. The van der Waals surface area contributed by atoms with Crippen molar-refractivity contribution in [3.05, 3.63) is 53.6 Å². The second-order valence-corrected chi connectivity index (χ2v) is 5.03. The predicted octanol–water partition coefficient (Wildman–Crippen LogP) is 2.25. The summed E-state index contributed by atoms with van der Waals surface area (Å²) in [6, 6.07) is 12.2. The molecule has 2 aromatic rings. The number of rotatable bonds is 7. The van der Waals surface area contributed by atoms with Crippen LogP contribution in [0.1, 0.15) is 17.2 Å². The molecule has 0 bridgehead atoms. The lowest BCUT2D eigenvalue weighted by molar-refractivity contribution is -0.131. The van der Waals surface area contributed by atoms with Crippen molar-refractivity contribution >= 4 is 12.1 Å². The van der Waals surface area contributed by atoms with Crippen LogP contribution in [0.15, 0.2) is 47.6 Å². The van der Waals surface area contributed by atoms with Gasteiger partial charge in [-0.15, -0.1) is 0 Å². The molecule has 0 aliphatic heterocycles. The number of methoxy groups -OCH3 is 3. The second kappa shape index (κ2) is 8.70. The van der Waals surface area contributed by atoms with Crippen LogP contribution < -0.4 is 14.9 Å². The lowest BCUT2D eigenvalue weighted by Gasteiger charge is -2.13. The molecule has 25 heavy (non-hydrogen) atoms. The SMILES string of the molecule is COc1cc(C=NNC(=O)C(OC)c2ccccc2)cc(OC)c1O. The highest BCUT2D eigenvalue weighted by atomic mass is 16.5. The van der Waals surface area contributed by atoms with E-state index in [1.807, 2.05) is 18.2 Å². The fourth-order valence-electron chi connectivity index (χ4n) is 2.24. The molecule has 2 rings (SSSR count). The van der Waals surface area contributed by atoms with Crippen molar-refractivity contribution in [1.82, 2.24) is 5.43 Å². The van der Waals surface area contributed by atoms with Crippen molar-refractivity contribution in [3.63, 3.8) is 0 Å². The van der Waals surface area contributed by atoms with Crippen molar-refractivity contribution in [3.8, 4) is 17.2 Å². The third-order valence-electron chi connectivity index (χ3n) is 3.47. The summed E-state index contributed by atoms with van der Waals surface area (Å²) >= 11 is 0. The van der Waals surface area contributed by atoms with Gasteiger partial charge < -0.3 is 19.3 Å². The lowest BCUT2D eigenvalue weighted by atomic mass is 10.1. The van der Waals surface area contributed by atoms with Crippen LogP contribution in [0, 0.1) is 0 Å². The van der Waals surface area contributed by atoms with Crippen LogP contribution in [-0.2, 0) is 9.53 Å². The molecule has 0 fully saturated rings. The molecule has 0 aliphatic rings. The van der Waals surface area contributed by atoms with Gasteiger partial charge in [0.15, 0.2) is 17.6 Å². The van der Waals surface area contributed by atoms with Crippen LogP contribution in [0.2, 0.25) is 0 Å². The summed E-state index contributed by atoms with van der Waals surface area (Å²) in [4.78, 5) is 12.2. The molecular weight excluding hydrogens is 324 g/mol. The molecule has 2 N–H and O–H groups in total. The van der Waals surface area contributed by atoms with Gasteiger partial charge in [-0.2, -0.15) is 5.10 Å². The predicted molar refractivity (Wildman–Crippen MR) is 93.1 cm³/mol. The van der Waals surface area contributed by atoms with E-state index in [1.165, 1.54) is 27.5 Å². The van der Waals surface area contributed by atoms with Crippen LogP contribution in [-0.4, -0.2) is 38.6 Å². The van der Waals surface area contributed by atoms with Crippen LogP contribution >= 0.6 is 0 Å². The van der Waals surface area contributed by atoms with E-state index < -0.39 is 12.0 Å². The first-order chi connectivity index (χ1) is 12.1. The molecule has 0 radical (unpaired) electrons. The Balaban J connectivity index is 2.11. The minimum absolute atomic E-state index is 0.102. The Labute approximate surface area is 145 Å². The number of benzene rings is 2. The summed E-state index contributed by atoms with van der Waals surface area (Å²) in [5.74, 6) is -0.0188. The minimum atomic E-state index is -0.762. The highest BCUT2D eigenvalue weighted by Crippen LogP contribution is 2.36. The number of nitrogens with one attached hydrogen (secondary N) is 1. The zero-order chi connectivity index (χ0) is 18.2. The Morgan fingerprint density at radius 2 is 1.72 bits per heavy atom. The molecule has 1 amide bonds. The lowest BCUT2D eigenvalue weighted by Crippen LogP contribution is -2.26. The molecule has 0 aliphatic carbocycles. The summed E-state index contributed by atoms with van der Waals surface area (Å²) < 4.78 is 15.4. The molecule has 132 valence electrons. The second-order valence-electron chi connectivity index (χ2n) is 5.03. The van der Waals surface area contributed by atoms with Gasteiger partial charge in [-0.05, 0) is 17.7 Å². The van der Waals surface area contributed by atoms with E-state index in [0.29, 0.717) is 5.56 Å². The molecule has 0 heterocycles. The zero-order valence-corrected chi connectivity index (χ0v) is 14.2. The monoisotopic (exact) mass is 344 g/mol. The van der Waals surface area contributed by atoms with Crippen molar-refractivity contribution < 1.29 is 24.1 Å². The molecule has 7 nitrogen and oxygen atoms in total. The first-order valence-corrected chi connectivity index (χ1v) is 7.46. The summed E-state index contributed by atoms with van der Waals surface area (Å²) in [5.41, 5.74) is 3.74. The third-order valence-corrected chi connectivity index (χ3v) is 3.47. The summed E-state index contributed by atoms with van der Waals surface area (Å²) in [6.45, 7) is 0. The fraction of sp³-hybridized carbons (Fsp3) is 0.222. The van der Waals surface area contributed by atoms with E-state index in [1.54, 1.807) is 24.3 Å². The van der Waals surface area contributed by atoms with Crippen LogP contribution in [0.25, 0.3) is 0 Å². The Morgan fingerprint density at radius 1 is 1.12 bits per heavy atom. The molecule has 1 atom stereocenters. The van der Waals surface area contributed by atoms with Gasteiger partial charge in [0, 0.05) is 12.7 Å². The van der Waals surface area contributed by atoms with Crippen molar-refractivity contribution in [2.45, 2.75) is 6.10 Å². The number of hydrazone groups is 1. The van der Waals surface area contributed by atoms with Gasteiger partial charge in [-0.1, -0.05) is 30.3 Å². The van der Waals surface area contributed by atoms with Gasteiger partial charge >= 0.3 is 0 Å². The van der Waals surface area contributed by atoms with Crippen LogP contribution in [0.4, 0.5) is 0 Å². The smallest absolute Gasteiger partial charge is 0.273 e. The Bertz CT molecular complexity index is 721. The van der Waals surface area contributed by atoms with Gasteiger partial charge in [0.05, 0.1) is 20.4 Å². The highest BCUT2D eigenvalue weighted by molar-refractivity contribution is 5.86. The molecule has 0 spiro atoms. The molecular formula is C18H20N2O5. The molecule has 0 saturated heterocycles. The number of nitrogens with zero attached hydrogens (tertiary/aromatic N) is 1. The molecule has 2 aromatic carbocycles. The van der Waals surface area contributed by atoms with Crippen LogP contribution in [0.3, 0.4) is 0 Å². The number of hydrogen-bond donors (Lipinski definition) is 2. The third kappa shape index (κ3) is 4.48. The maximum Gasteiger partial charge on any atom is 0.273 e. The number of ether oxygens (including phenoxy) is 3. The number of phenols is 1. The number of phenolic OH excluding ortho intramolecular Hbond substituents is 1. The molecule has 0 saturated carbocycles. The standard InChI is InChI=1S/C18H20N2O5/c1-23-14-9-12(10-15(24-2)16(14)21)11-19-20-18(22)17(25-3)13-7-5-4-6-8-13/h4-11,17,21H,1-3H3,(H,20,22). The molecule has 7 heteroatoms. The van der Waals surface area contributed by atoms with Gasteiger partial charge in [-0.3, -0.25) is 4.79 Å². The van der Waals surface area contributed by atoms with E-state index in [4.69, 9.17) is 14.2 Å². The van der Waals surface area contributed by atoms with Crippen molar-refractivity contribution in [1.29, 1.82) is 0 Å². The topological polar surface area (TPSA) is 89.4 Å². The van der Waals surface area contributed by atoms with Gasteiger partial charge in [0.1, 0.15) is 0 Å². The number of amides is 1. The summed E-state index contributed by atoms with van der Waals surface area (Å²) in [7, 11) is 4.32. The van der Waals surface area contributed by atoms with Crippen molar-refractivity contribution in [2.24, 2.45) is 5.10 Å². The normalized spacial score (nSPS) is 12.0. The first kappa shape index (κ1) is 18.3. The summed E-state index contributed by atoms with van der Waals surface area (Å²) in [5, 5.41) is 13.8. The largest absolute Gasteiger partial charge is 0.502 e. The maximum atomic E-state index is 12.2. The number of carbonyl (C=O) groups excluding carboxylic acids is 1. The van der Waals surface area contributed by atoms with E-state index in [-0.39, 0.29) is 17.2 Å². The highest BCUT2D eigenvalue weighted by Gasteiger charge is 2.19. The van der Waals surface area contributed by atoms with Crippen molar-refractivity contribution in [2.75, 3.05) is 21.3 Å². The van der Waals surface area contributed by atoms with Crippen LogP contribution in [0.5, 0.6) is 17.2 Å². The first-order valence-electron chi connectivity index (χ1n) is 7.46. The van der Waals surface area contributed by atoms with E-state index in [2.05, 4.69) is 10.5 Å². The average Bonchev–Trinajstić information content (AvgIpc) is 2.64. The maximum absolute atomic E-state index is 12.2. The quantitative estimate of drug-likeness (QED) is 0.594. The Hall–Kier alpha value is -3.06. The minimum Gasteiger partial charge on any atom is -0.502 e. The Morgan fingerprint density at radius 3 is 2.24 bits per heavy atom.